The van der Waals surface area contributed by atoms with E-state index in [0.717, 1.165) is 12.1 Å². The highest BCUT2D eigenvalue weighted by Gasteiger charge is 2.33. The molecule has 10 heteroatoms. The molecule has 0 unspecified atom stereocenters. The van der Waals surface area contributed by atoms with Crippen molar-refractivity contribution in [3.63, 3.8) is 0 Å². The van der Waals surface area contributed by atoms with Gasteiger partial charge in [0.2, 0.25) is 11.8 Å². The summed E-state index contributed by atoms with van der Waals surface area (Å²) >= 11 is 0. The topological polar surface area (TPSA) is 79.0 Å². The molecule has 3 rings (SSSR count). The van der Waals surface area contributed by atoms with Gasteiger partial charge in [0, 0.05) is 19.5 Å². The predicted octanol–water partition coefficient (Wildman–Crippen LogP) is 3.31. The lowest BCUT2D eigenvalue weighted by Gasteiger charge is -2.30. The number of likely N-dealkylation sites (N-methyl/N-ethyl adjacent to an activating group) is 1. The minimum absolute atomic E-state index is 0.0552. The first-order chi connectivity index (χ1) is 15.2. The Balaban J connectivity index is 1.61. The average Bonchev–Trinajstić information content (AvgIpc) is 2.76. The smallest absolute Gasteiger partial charge is 0.418 e. The van der Waals surface area contributed by atoms with Gasteiger partial charge in [-0.25, -0.2) is 0 Å². The zero-order valence-electron chi connectivity index (χ0n) is 17.3. The van der Waals surface area contributed by atoms with Crippen molar-refractivity contribution in [2.24, 2.45) is 0 Å². The fraction of sp³-hybridized carbons (Fsp3) is 0.318. The quantitative estimate of drug-likeness (QED) is 0.704. The van der Waals surface area contributed by atoms with Crippen LogP contribution in [0.1, 0.15) is 18.9 Å². The molecule has 7 nitrogen and oxygen atoms in total. The first-order valence-corrected chi connectivity index (χ1v) is 9.96. The van der Waals surface area contributed by atoms with Gasteiger partial charge in [-0.3, -0.25) is 14.4 Å². The van der Waals surface area contributed by atoms with Crippen LogP contribution < -0.4 is 15.0 Å². The minimum atomic E-state index is -4.62. The summed E-state index contributed by atoms with van der Waals surface area (Å²) in [4.78, 5) is 39.9. The third-order valence-corrected chi connectivity index (χ3v) is 4.93. The van der Waals surface area contributed by atoms with Crippen molar-refractivity contribution in [1.29, 1.82) is 0 Å². The van der Waals surface area contributed by atoms with Crippen LogP contribution in [0.3, 0.4) is 0 Å². The van der Waals surface area contributed by atoms with Crippen LogP contribution in [0.15, 0.2) is 48.5 Å². The first-order valence-electron chi connectivity index (χ1n) is 9.96. The van der Waals surface area contributed by atoms with Crippen LogP contribution in [-0.2, 0) is 20.6 Å². The summed E-state index contributed by atoms with van der Waals surface area (Å²) in [6.07, 6.45) is -4.68. The highest BCUT2D eigenvalue weighted by molar-refractivity contribution is 5.99. The van der Waals surface area contributed by atoms with Crippen LogP contribution >= 0.6 is 0 Å². The van der Waals surface area contributed by atoms with Gasteiger partial charge >= 0.3 is 6.18 Å². The normalized spacial score (nSPS) is 13.2. The van der Waals surface area contributed by atoms with Crippen molar-refractivity contribution in [1.82, 2.24) is 4.90 Å². The molecule has 1 N–H and O–H groups in total. The Morgan fingerprint density at radius 2 is 1.81 bits per heavy atom. The number of anilines is 2. The summed E-state index contributed by atoms with van der Waals surface area (Å²) in [6.45, 7) is 1.39. The Morgan fingerprint density at radius 1 is 1.12 bits per heavy atom. The van der Waals surface area contributed by atoms with Crippen molar-refractivity contribution in [2.75, 3.05) is 36.5 Å². The van der Waals surface area contributed by atoms with E-state index in [0.29, 0.717) is 11.4 Å². The molecule has 0 bridgehead atoms. The predicted molar refractivity (Wildman–Crippen MR) is 111 cm³/mol. The average molecular weight is 449 g/mol. The maximum Gasteiger partial charge on any atom is 0.418 e. The number of hydrogen-bond donors (Lipinski definition) is 1. The third kappa shape index (κ3) is 5.37. The number of carbonyl (C=O) groups excluding carboxylic acids is 3. The highest BCUT2D eigenvalue weighted by Crippen LogP contribution is 2.34. The Hall–Kier alpha value is -3.56. The number of hydrogen-bond acceptors (Lipinski definition) is 4. The van der Waals surface area contributed by atoms with Crippen molar-refractivity contribution in [3.8, 4) is 5.75 Å². The number of nitrogens with zero attached hydrogens (tertiary/aromatic N) is 2. The number of amides is 3. The standard InChI is InChI=1S/C22H22F3N3O4/c1-2-27(13-19(29)26-16-8-4-3-7-15(16)22(23,24)25)20(30)11-12-28-17-9-5-6-10-18(17)32-14-21(28)31/h3-10H,2,11-14H2,1H3,(H,26,29). The van der Waals surface area contributed by atoms with E-state index >= 15 is 0 Å². The van der Waals surface area contributed by atoms with Crippen LogP contribution in [0.5, 0.6) is 5.75 Å². The fourth-order valence-electron chi connectivity index (χ4n) is 3.34. The molecule has 0 aliphatic carbocycles. The molecule has 2 aromatic rings. The van der Waals surface area contributed by atoms with E-state index in [-0.39, 0.29) is 37.7 Å². The van der Waals surface area contributed by atoms with Gasteiger partial charge in [0.15, 0.2) is 6.61 Å². The van der Waals surface area contributed by atoms with Gasteiger partial charge in [-0.2, -0.15) is 13.2 Å². The Labute approximate surface area is 182 Å². The molecular weight excluding hydrogens is 427 g/mol. The van der Waals surface area contributed by atoms with Crippen LogP contribution in [0.2, 0.25) is 0 Å². The van der Waals surface area contributed by atoms with Crippen LogP contribution in [0.4, 0.5) is 24.5 Å². The number of carbonyl (C=O) groups is 3. The summed E-state index contributed by atoms with van der Waals surface area (Å²) in [6, 6.07) is 11.6. The van der Waals surface area contributed by atoms with Crippen molar-refractivity contribution in [2.45, 2.75) is 19.5 Å². The van der Waals surface area contributed by atoms with E-state index in [2.05, 4.69) is 5.32 Å². The van der Waals surface area contributed by atoms with Gasteiger partial charge in [0.25, 0.3) is 5.91 Å². The minimum Gasteiger partial charge on any atom is -0.482 e. The zero-order valence-corrected chi connectivity index (χ0v) is 17.3. The van der Waals surface area contributed by atoms with Crippen molar-refractivity contribution in [3.05, 3.63) is 54.1 Å². The van der Waals surface area contributed by atoms with E-state index in [1.54, 1.807) is 31.2 Å². The van der Waals surface area contributed by atoms with Crippen molar-refractivity contribution >= 4 is 29.1 Å². The lowest BCUT2D eigenvalue weighted by Crippen LogP contribution is -2.43. The number of halogens is 3. The lowest BCUT2D eigenvalue weighted by atomic mass is 10.1. The number of ether oxygens (including phenoxy) is 1. The molecule has 0 saturated heterocycles. The SMILES string of the molecule is CCN(CC(=O)Nc1ccccc1C(F)(F)F)C(=O)CCN1C(=O)COc2ccccc21. The second kappa shape index (κ2) is 9.71. The van der Waals surface area contributed by atoms with Gasteiger partial charge in [-0.1, -0.05) is 24.3 Å². The number of alkyl halides is 3. The Kier molecular flexibility index (Phi) is 7.01. The molecule has 0 spiro atoms. The summed E-state index contributed by atoms with van der Waals surface area (Å²) < 4.78 is 44.7. The lowest BCUT2D eigenvalue weighted by molar-refractivity contribution is -0.137. The molecule has 32 heavy (non-hydrogen) atoms. The van der Waals surface area contributed by atoms with Gasteiger partial charge < -0.3 is 19.9 Å². The third-order valence-electron chi connectivity index (χ3n) is 4.93. The molecule has 0 atom stereocenters. The fourth-order valence-corrected chi connectivity index (χ4v) is 3.34. The molecule has 1 heterocycles. The van der Waals surface area contributed by atoms with E-state index in [4.69, 9.17) is 4.74 Å². The molecule has 0 fully saturated rings. The number of nitrogens with one attached hydrogen (secondary N) is 1. The second-order valence-corrected chi connectivity index (χ2v) is 7.05. The summed E-state index contributed by atoms with van der Waals surface area (Å²) in [7, 11) is 0. The number of benzene rings is 2. The van der Waals surface area contributed by atoms with Gasteiger partial charge in [0.05, 0.1) is 23.5 Å². The molecular formula is C22H22F3N3O4. The van der Waals surface area contributed by atoms with E-state index in [9.17, 15) is 27.6 Å². The first kappa shape index (κ1) is 23.1. The largest absolute Gasteiger partial charge is 0.482 e. The molecule has 3 amide bonds. The molecule has 170 valence electrons. The second-order valence-electron chi connectivity index (χ2n) is 7.05. The van der Waals surface area contributed by atoms with Crippen LogP contribution in [0.25, 0.3) is 0 Å². The Bertz CT molecular complexity index is 1010. The van der Waals surface area contributed by atoms with Gasteiger partial charge in [-0.15, -0.1) is 0 Å². The highest BCUT2D eigenvalue weighted by atomic mass is 19.4. The molecule has 0 aromatic heterocycles. The van der Waals surface area contributed by atoms with E-state index < -0.39 is 30.1 Å². The van der Waals surface area contributed by atoms with Crippen molar-refractivity contribution < 1.29 is 32.3 Å². The number of para-hydroxylation sites is 3. The van der Waals surface area contributed by atoms with E-state index in [1.807, 2.05) is 0 Å². The van der Waals surface area contributed by atoms with Crippen LogP contribution in [-0.4, -0.2) is 48.9 Å². The molecule has 1 aliphatic rings. The molecule has 0 saturated carbocycles. The Morgan fingerprint density at radius 3 is 2.53 bits per heavy atom. The molecule has 1 aliphatic heterocycles. The van der Waals surface area contributed by atoms with Crippen LogP contribution in [0, 0.1) is 0 Å². The zero-order chi connectivity index (χ0) is 23.3. The van der Waals surface area contributed by atoms with Gasteiger partial charge in [0.1, 0.15) is 5.75 Å². The monoisotopic (exact) mass is 449 g/mol. The number of fused-ring (bicyclic) bond motifs is 1. The summed E-state index contributed by atoms with van der Waals surface area (Å²) in [5.74, 6) is -0.899. The summed E-state index contributed by atoms with van der Waals surface area (Å²) in [5, 5.41) is 2.23. The van der Waals surface area contributed by atoms with E-state index in [1.165, 1.54) is 21.9 Å². The maximum atomic E-state index is 13.1. The molecule has 0 radical (unpaired) electrons. The summed E-state index contributed by atoms with van der Waals surface area (Å²) in [5.41, 5.74) is -0.780. The number of rotatable bonds is 7. The molecule has 2 aromatic carbocycles. The van der Waals surface area contributed by atoms with Gasteiger partial charge in [-0.05, 0) is 31.2 Å². The maximum absolute atomic E-state index is 13.1.